The number of methoxy groups -OCH3 is 1. The third-order valence-electron chi connectivity index (χ3n) is 4.91. The number of carbonyl (C=O) groups is 1. The summed E-state index contributed by atoms with van der Waals surface area (Å²) in [5.41, 5.74) is 1.20. The van der Waals surface area contributed by atoms with Crippen molar-refractivity contribution in [3.63, 3.8) is 0 Å². The summed E-state index contributed by atoms with van der Waals surface area (Å²) in [4.78, 5) is 14.8. The van der Waals surface area contributed by atoms with Crippen molar-refractivity contribution in [2.45, 2.75) is 31.4 Å². The summed E-state index contributed by atoms with van der Waals surface area (Å²) in [5.74, 6) is 0.758. The van der Waals surface area contributed by atoms with E-state index in [1.165, 1.54) is 24.8 Å². The number of nitrogens with zero attached hydrogens (tertiary/aromatic N) is 1. The molecule has 2 aliphatic heterocycles. The van der Waals surface area contributed by atoms with Gasteiger partial charge in [-0.1, -0.05) is 18.6 Å². The Morgan fingerprint density at radius 2 is 2.00 bits per heavy atom. The van der Waals surface area contributed by atoms with Crippen molar-refractivity contribution in [3.8, 4) is 5.75 Å². The van der Waals surface area contributed by atoms with Gasteiger partial charge in [0.2, 0.25) is 0 Å². The molecule has 0 aromatic heterocycles. The minimum Gasteiger partial charge on any atom is -0.497 e. The molecule has 138 valence electrons. The number of rotatable bonds is 6. The molecular weight excluding hydrogens is 320 g/mol. The zero-order chi connectivity index (χ0) is 17.5. The van der Waals surface area contributed by atoms with Gasteiger partial charge in [-0.2, -0.15) is 0 Å². The lowest BCUT2D eigenvalue weighted by Gasteiger charge is -2.35. The number of ether oxygens (including phenoxy) is 3. The van der Waals surface area contributed by atoms with Gasteiger partial charge in [-0.05, 0) is 43.6 Å². The number of hydrogen-bond donors (Lipinski definition) is 1. The highest BCUT2D eigenvalue weighted by Gasteiger charge is 2.26. The van der Waals surface area contributed by atoms with Crippen molar-refractivity contribution in [3.05, 3.63) is 29.8 Å². The Balaban J connectivity index is 1.65. The predicted octanol–water partition coefficient (Wildman–Crippen LogP) is 1.75. The zero-order valence-corrected chi connectivity index (χ0v) is 14.9. The minimum absolute atomic E-state index is 0.0878. The Hall–Kier alpha value is -1.63. The average molecular weight is 348 g/mol. The first-order valence-corrected chi connectivity index (χ1v) is 9.13. The maximum absolute atomic E-state index is 12.4. The van der Waals surface area contributed by atoms with Crippen LogP contribution in [0.15, 0.2) is 24.3 Å². The van der Waals surface area contributed by atoms with Crippen LogP contribution in [-0.4, -0.2) is 63.5 Å². The van der Waals surface area contributed by atoms with Crippen LogP contribution in [0.25, 0.3) is 0 Å². The molecule has 6 heteroatoms. The topological polar surface area (TPSA) is 60.0 Å². The molecule has 2 fully saturated rings. The molecule has 2 heterocycles. The third-order valence-corrected chi connectivity index (χ3v) is 4.91. The SMILES string of the molecule is COc1ccc(C(CNC(=O)C2COCCO2)N2CCCCC2)cc1. The molecule has 0 radical (unpaired) electrons. The molecule has 0 spiro atoms. The fourth-order valence-corrected chi connectivity index (χ4v) is 3.46. The standard InChI is InChI=1S/C19H28N2O4/c1-23-16-7-5-15(6-8-16)17(21-9-3-2-4-10-21)13-20-19(22)18-14-24-11-12-25-18/h5-8,17-18H,2-4,9-14H2,1H3,(H,20,22). The van der Waals surface area contributed by atoms with Crippen molar-refractivity contribution >= 4 is 5.91 Å². The largest absolute Gasteiger partial charge is 0.497 e. The second-order valence-electron chi connectivity index (χ2n) is 6.57. The third kappa shape index (κ3) is 4.93. The van der Waals surface area contributed by atoms with Crippen LogP contribution in [0.2, 0.25) is 0 Å². The number of nitrogens with one attached hydrogen (secondary N) is 1. The molecule has 0 saturated carbocycles. The van der Waals surface area contributed by atoms with Crippen LogP contribution in [0.3, 0.4) is 0 Å². The monoisotopic (exact) mass is 348 g/mol. The van der Waals surface area contributed by atoms with Gasteiger partial charge in [0.15, 0.2) is 6.10 Å². The van der Waals surface area contributed by atoms with E-state index in [2.05, 4.69) is 22.3 Å². The summed E-state index contributed by atoms with van der Waals surface area (Å²) in [7, 11) is 1.67. The second kappa shape index (κ2) is 9.17. The second-order valence-corrected chi connectivity index (χ2v) is 6.57. The highest BCUT2D eigenvalue weighted by Crippen LogP contribution is 2.26. The van der Waals surface area contributed by atoms with Crippen molar-refractivity contribution < 1.29 is 19.0 Å². The fourth-order valence-electron chi connectivity index (χ4n) is 3.46. The van der Waals surface area contributed by atoms with E-state index in [9.17, 15) is 4.79 Å². The molecule has 3 rings (SSSR count). The van der Waals surface area contributed by atoms with E-state index >= 15 is 0 Å². The first-order valence-electron chi connectivity index (χ1n) is 9.13. The summed E-state index contributed by atoms with van der Waals surface area (Å²) < 4.78 is 16.1. The summed E-state index contributed by atoms with van der Waals surface area (Å²) in [6, 6.07) is 8.30. The molecule has 2 saturated heterocycles. The van der Waals surface area contributed by atoms with E-state index in [0.717, 1.165) is 18.8 Å². The molecule has 25 heavy (non-hydrogen) atoms. The molecule has 2 atom stereocenters. The number of hydrogen-bond acceptors (Lipinski definition) is 5. The Morgan fingerprint density at radius 1 is 1.24 bits per heavy atom. The highest BCUT2D eigenvalue weighted by atomic mass is 16.6. The molecule has 6 nitrogen and oxygen atoms in total. The van der Waals surface area contributed by atoms with Crippen LogP contribution in [0, 0.1) is 0 Å². The van der Waals surface area contributed by atoms with Gasteiger partial charge in [-0.3, -0.25) is 9.69 Å². The van der Waals surface area contributed by atoms with Gasteiger partial charge in [0.25, 0.3) is 5.91 Å². The van der Waals surface area contributed by atoms with Crippen LogP contribution in [0.1, 0.15) is 30.9 Å². The van der Waals surface area contributed by atoms with E-state index in [-0.39, 0.29) is 11.9 Å². The number of amides is 1. The summed E-state index contributed by atoms with van der Waals surface area (Å²) in [5, 5.41) is 3.06. The Morgan fingerprint density at radius 3 is 2.64 bits per heavy atom. The van der Waals surface area contributed by atoms with E-state index in [1.807, 2.05) is 12.1 Å². The van der Waals surface area contributed by atoms with Crippen molar-refractivity contribution in [2.75, 3.05) is 46.6 Å². The molecule has 1 aromatic rings. The maximum atomic E-state index is 12.4. The molecule has 1 amide bonds. The smallest absolute Gasteiger partial charge is 0.251 e. The van der Waals surface area contributed by atoms with E-state index < -0.39 is 6.10 Å². The molecule has 1 N–H and O–H groups in total. The Kier molecular flexibility index (Phi) is 6.67. The van der Waals surface area contributed by atoms with Crippen LogP contribution >= 0.6 is 0 Å². The number of carbonyl (C=O) groups excluding carboxylic acids is 1. The van der Waals surface area contributed by atoms with Gasteiger partial charge in [0.05, 0.1) is 33.0 Å². The molecule has 0 aliphatic carbocycles. The lowest BCUT2D eigenvalue weighted by Crippen LogP contribution is -2.46. The van der Waals surface area contributed by atoms with Crippen molar-refractivity contribution in [1.29, 1.82) is 0 Å². The molecule has 0 bridgehead atoms. The predicted molar refractivity (Wildman–Crippen MR) is 94.7 cm³/mol. The first-order chi connectivity index (χ1) is 12.3. The first kappa shape index (κ1) is 18.2. The number of likely N-dealkylation sites (tertiary alicyclic amines) is 1. The summed E-state index contributed by atoms with van der Waals surface area (Å²) >= 11 is 0. The lowest BCUT2D eigenvalue weighted by atomic mass is 10.0. The van der Waals surface area contributed by atoms with Gasteiger partial charge in [0, 0.05) is 6.54 Å². The number of piperidine rings is 1. The summed E-state index contributed by atoms with van der Waals surface area (Å²) in [6.07, 6.45) is 3.21. The lowest BCUT2D eigenvalue weighted by molar-refractivity contribution is -0.147. The Labute approximate surface area is 149 Å². The molecule has 2 unspecified atom stereocenters. The molecular formula is C19H28N2O4. The fraction of sp³-hybridized carbons (Fsp3) is 0.632. The van der Waals surface area contributed by atoms with Crippen molar-refractivity contribution in [1.82, 2.24) is 10.2 Å². The van der Waals surface area contributed by atoms with Gasteiger partial charge in [-0.25, -0.2) is 0 Å². The van der Waals surface area contributed by atoms with Gasteiger partial charge in [-0.15, -0.1) is 0 Å². The Bertz CT molecular complexity index is 537. The van der Waals surface area contributed by atoms with Crippen LogP contribution in [-0.2, 0) is 14.3 Å². The normalized spacial score (nSPS) is 23.0. The quantitative estimate of drug-likeness (QED) is 0.849. The minimum atomic E-state index is -0.494. The highest BCUT2D eigenvalue weighted by molar-refractivity contribution is 5.81. The van der Waals surface area contributed by atoms with Crippen molar-refractivity contribution in [2.24, 2.45) is 0 Å². The van der Waals surface area contributed by atoms with Crippen LogP contribution in [0.4, 0.5) is 0 Å². The van der Waals surface area contributed by atoms with E-state index in [4.69, 9.17) is 14.2 Å². The van der Waals surface area contributed by atoms with Gasteiger partial charge in [0.1, 0.15) is 5.75 Å². The van der Waals surface area contributed by atoms with Gasteiger partial charge >= 0.3 is 0 Å². The van der Waals surface area contributed by atoms with Crippen LogP contribution in [0.5, 0.6) is 5.75 Å². The maximum Gasteiger partial charge on any atom is 0.251 e. The van der Waals surface area contributed by atoms with Gasteiger partial charge < -0.3 is 19.5 Å². The van der Waals surface area contributed by atoms with E-state index in [0.29, 0.717) is 26.4 Å². The van der Waals surface area contributed by atoms with Crippen LogP contribution < -0.4 is 10.1 Å². The van der Waals surface area contributed by atoms with E-state index in [1.54, 1.807) is 7.11 Å². The molecule has 1 aromatic carbocycles. The zero-order valence-electron chi connectivity index (χ0n) is 14.9. The number of benzene rings is 1. The molecule has 2 aliphatic rings. The average Bonchev–Trinajstić information content (AvgIpc) is 2.70. The summed E-state index contributed by atoms with van der Waals surface area (Å²) in [6.45, 7) is 4.08.